The van der Waals surface area contributed by atoms with Crippen molar-refractivity contribution in [2.24, 2.45) is 0 Å². The molecule has 0 aromatic heterocycles. The van der Waals surface area contributed by atoms with Crippen LogP contribution in [0.3, 0.4) is 0 Å². The first kappa shape index (κ1) is 15.4. The Morgan fingerprint density at radius 1 is 1.14 bits per heavy atom. The van der Waals surface area contributed by atoms with Gasteiger partial charge in [-0.25, -0.2) is 0 Å². The summed E-state index contributed by atoms with van der Waals surface area (Å²) in [5.41, 5.74) is 1.99. The lowest BCUT2D eigenvalue weighted by Crippen LogP contribution is -2.27. The van der Waals surface area contributed by atoms with Crippen molar-refractivity contribution in [2.45, 2.75) is 17.9 Å². The van der Waals surface area contributed by atoms with Crippen LogP contribution in [-0.4, -0.2) is 25.0 Å². The van der Waals surface area contributed by atoms with E-state index in [9.17, 15) is 4.79 Å². The highest BCUT2D eigenvalue weighted by Crippen LogP contribution is 2.19. The van der Waals surface area contributed by atoms with E-state index < -0.39 is 0 Å². The molecule has 0 fully saturated rings. The third-order valence-electron chi connectivity index (χ3n) is 3.32. The monoisotopic (exact) mass is 301 g/mol. The summed E-state index contributed by atoms with van der Waals surface area (Å²) in [6.07, 6.45) is 0.389. The van der Waals surface area contributed by atoms with Gasteiger partial charge in [0, 0.05) is 24.1 Å². The summed E-state index contributed by atoms with van der Waals surface area (Å²) in [7, 11) is 3.45. The molecule has 2 aromatic rings. The van der Waals surface area contributed by atoms with Crippen molar-refractivity contribution < 1.29 is 9.53 Å². The number of hydrogen-bond donors (Lipinski definition) is 1. The Hall–Kier alpha value is -1.94. The zero-order chi connectivity index (χ0) is 15.2. The van der Waals surface area contributed by atoms with Gasteiger partial charge in [-0.15, -0.1) is 12.6 Å². The van der Waals surface area contributed by atoms with E-state index in [1.54, 1.807) is 12.0 Å². The molecule has 3 nitrogen and oxygen atoms in total. The van der Waals surface area contributed by atoms with Crippen LogP contribution in [0.1, 0.15) is 11.1 Å². The maximum atomic E-state index is 12.3. The van der Waals surface area contributed by atoms with Crippen molar-refractivity contribution >= 4 is 18.5 Å². The van der Waals surface area contributed by atoms with E-state index in [0.29, 0.717) is 13.0 Å². The minimum atomic E-state index is 0.0767. The molecule has 4 heteroatoms. The molecular weight excluding hydrogens is 282 g/mol. The average molecular weight is 301 g/mol. The molecule has 1 amide bonds. The van der Waals surface area contributed by atoms with Crippen molar-refractivity contribution in [1.29, 1.82) is 0 Å². The van der Waals surface area contributed by atoms with E-state index in [1.165, 1.54) is 0 Å². The van der Waals surface area contributed by atoms with E-state index in [-0.39, 0.29) is 5.91 Å². The summed E-state index contributed by atoms with van der Waals surface area (Å²) in [6.45, 7) is 0.535. The fourth-order valence-electron chi connectivity index (χ4n) is 2.10. The summed E-state index contributed by atoms with van der Waals surface area (Å²) >= 11 is 4.24. The number of carbonyl (C=O) groups excluding carboxylic acids is 1. The summed E-state index contributed by atoms with van der Waals surface area (Å²) < 4.78 is 5.31. The first-order valence-corrected chi connectivity index (χ1v) is 7.18. The minimum absolute atomic E-state index is 0.0767. The van der Waals surface area contributed by atoms with E-state index in [1.807, 2.05) is 55.6 Å². The van der Waals surface area contributed by atoms with Gasteiger partial charge in [0.25, 0.3) is 0 Å². The topological polar surface area (TPSA) is 29.5 Å². The van der Waals surface area contributed by atoms with Gasteiger partial charge < -0.3 is 9.64 Å². The molecule has 0 radical (unpaired) electrons. The largest absolute Gasteiger partial charge is 0.496 e. The number of para-hydroxylation sites is 1. The van der Waals surface area contributed by atoms with E-state index >= 15 is 0 Å². The van der Waals surface area contributed by atoms with Crippen LogP contribution in [0.4, 0.5) is 0 Å². The number of likely N-dealkylation sites (N-methyl/N-ethyl adjacent to an activating group) is 1. The lowest BCUT2D eigenvalue weighted by molar-refractivity contribution is -0.129. The SMILES string of the molecule is COc1ccccc1CN(C)C(=O)Cc1ccc(S)cc1. The second-order valence-corrected chi connectivity index (χ2v) is 5.42. The lowest BCUT2D eigenvalue weighted by Gasteiger charge is -2.19. The van der Waals surface area contributed by atoms with E-state index in [2.05, 4.69) is 12.6 Å². The molecule has 2 rings (SSSR count). The lowest BCUT2D eigenvalue weighted by atomic mass is 10.1. The third kappa shape index (κ3) is 4.26. The second kappa shape index (κ2) is 7.18. The Morgan fingerprint density at radius 3 is 2.48 bits per heavy atom. The number of methoxy groups -OCH3 is 1. The van der Waals surface area contributed by atoms with Gasteiger partial charge in [0.1, 0.15) is 5.75 Å². The Balaban J connectivity index is 2.01. The van der Waals surface area contributed by atoms with Gasteiger partial charge in [-0.2, -0.15) is 0 Å². The molecule has 2 aromatic carbocycles. The fourth-order valence-corrected chi connectivity index (χ4v) is 2.25. The molecule has 0 aliphatic heterocycles. The normalized spacial score (nSPS) is 10.2. The zero-order valence-corrected chi connectivity index (χ0v) is 13.1. The molecule has 0 aliphatic carbocycles. The number of thiol groups is 1. The van der Waals surface area contributed by atoms with E-state index in [0.717, 1.165) is 21.8 Å². The van der Waals surface area contributed by atoms with Crippen LogP contribution in [0.25, 0.3) is 0 Å². The summed E-state index contributed by atoms with van der Waals surface area (Å²) in [4.78, 5) is 14.9. The number of hydrogen-bond acceptors (Lipinski definition) is 3. The Bertz CT molecular complexity index is 610. The summed E-state index contributed by atoms with van der Waals surface area (Å²) in [5.74, 6) is 0.879. The number of rotatable bonds is 5. The molecule has 0 saturated heterocycles. The highest BCUT2D eigenvalue weighted by atomic mass is 32.1. The summed E-state index contributed by atoms with van der Waals surface area (Å²) in [6, 6.07) is 15.4. The predicted molar refractivity (Wildman–Crippen MR) is 86.9 cm³/mol. The van der Waals surface area contributed by atoms with Gasteiger partial charge in [0.05, 0.1) is 13.5 Å². The minimum Gasteiger partial charge on any atom is -0.496 e. The van der Waals surface area contributed by atoms with Crippen LogP contribution < -0.4 is 4.74 Å². The van der Waals surface area contributed by atoms with Crippen molar-refractivity contribution in [1.82, 2.24) is 4.90 Å². The number of benzene rings is 2. The maximum absolute atomic E-state index is 12.3. The molecule has 0 N–H and O–H groups in total. The van der Waals surface area contributed by atoms with Gasteiger partial charge in [0.15, 0.2) is 0 Å². The van der Waals surface area contributed by atoms with Crippen molar-refractivity contribution in [3.8, 4) is 5.75 Å². The third-order valence-corrected chi connectivity index (χ3v) is 3.62. The molecule has 0 bridgehead atoms. The fraction of sp³-hybridized carbons (Fsp3) is 0.235. The molecular formula is C17H19NO2S. The van der Waals surface area contributed by atoms with Crippen LogP contribution >= 0.6 is 12.6 Å². The maximum Gasteiger partial charge on any atom is 0.227 e. The molecule has 21 heavy (non-hydrogen) atoms. The van der Waals surface area contributed by atoms with E-state index in [4.69, 9.17) is 4.74 Å². The van der Waals surface area contributed by atoms with Crippen molar-refractivity contribution in [2.75, 3.05) is 14.2 Å². The van der Waals surface area contributed by atoms with Crippen LogP contribution in [0.2, 0.25) is 0 Å². The Kier molecular flexibility index (Phi) is 5.28. The van der Waals surface area contributed by atoms with Crippen LogP contribution in [0.15, 0.2) is 53.4 Å². The number of nitrogens with zero attached hydrogens (tertiary/aromatic N) is 1. The standard InChI is InChI=1S/C17H19NO2S/c1-18(12-14-5-3-4-6-16(14)20-2)17(19)11-13-7-9-15(21)10-8-13/h3-10,21H,11-12H2,1-2H3. The smallest absolute Gasteiger partial charge is 0.227 e. The molecule has 0 atom stereocenters. The summed E-state index contributed by atoms with van der Waals surface area (Å²) in [5, 5.41) is 0. The number of amides is 1. The number of carbonyl (C=O) groups is 1. The quantitative estimate of drug-likeness (QED) is 0.860. The first-order chi connectivity index (χ1) is 10.1. The zero-order valence-electron chi connectivity index (χ0n) is 12.2. The predicted octanol–water partition coefficient (Wildman–Crippen LogP) is 3.19. The van der Waals surface area contributed by atoms with Crippen LogP contribution in [0.5, 0.6) is 5.75 Å². The molecule has 0 saturated carbocycles. The van der Waals surface area contributed by atoms with Crippen LogP contribution in [0, 0.1) is 0 Å². The molecule has 0 heterocycles. The molecule has 0 unspecified atom stereocenters. The van der Waals surface area contributed by atoms with Gasteiger partial charge in [-0.05, 0) is 23.8 Å². The average Bonchev–Trinajstić information content (AvgIpc) is 2.50. The Labute approximate surface area is 131 Å². The van der Waals surface area contributed by atoms with Crippen molar-refractivity contribution in [3.05, 3.63) is 59.7 Å². The van der Waals surface area contributed by atoms with Crippen LogP contribution in [-0.2, 0) is 17.8 Å². The molecule has 0 aliphatic rings. The van der Waals surface area contributed by atoms with Gasteiger partial charge in [-0.3, -0.25) is 4.79 Å². The highest BCUT2D eigenvalue weighted by Gasteiger charge is 2.12. The van der Waals surface area contributed by atoms with Gasteiger partial charge in [0.2, 0.25) is 5.91 Å². The number of ether oxygens (including phenoxy) is 1. The molecule has 110 valence electrons. The Morgan fingerprint density at radius 2 is 1.81 bits per heavy atom. The van der Waals surface area contributed by atoms with Gasteiger partial charge in [-0.1, -0.05) is 30.3 Å². The van der Waals surface area contributed by atoms with Gasteiger partial charge >= 0.3 is 0 Å². The van der Waals surface area contributed by atoms with Crippen molar-refractivity contribution in [3.63, 3.8) is 0 Å². The first-order valence-electron chi connectivity index (χ1n) is 6.74. The molecule has 0 spiro atoms. The highest BCUT2D eigenvalue weighted by molar-refractivity contribution is 7.80. The second-order valence-electron chi connectivity index (χ2n) is 4.90.